The molecular formula is C16H30O2. The first-order valence-electron chi connectivity index (χ1n) is 8.03. The molecule has 106 valence electrons. The summed E-state index contributed by atoms with van der Waals surface area (Å²) in [6.07, 6.45) is 8.89. The Morgan fingerprint density at radius 3 is 1.44 bits per heavy atom. The highest BCUT2D eigenvalue weighted by molar-refractivity contribution is 4.88. The molecule has 2 N–H and O–H groups in total. The Labute approximate surface area is 112 Å². The highest BCUT2D eigenvalue weighted by Crippen LogP contribution is 2.42. The Morgan fingerprint density at radius 2 is 1.11 bits per heavy atom. The van der Waals surface area contributed by atoms with Crippen molar-refractivity contribution in [3.63, 3.8) is 0 Å². The van der Waals surface area contributed by atoms with Crippen LogP contribution >= 0.6 is 0 Å². The normalized spacial score (nSPS) is 44.7. The van der Waals surface area contributed by atoms with E-state index in [9.17, 15) is 10.2 Å². The fourth-order valence-electron chi connectivity index (χ4n) is 4.51. The van der Waals surface area contributed by atoms with Crippen molar-refractivity contribution in [2.45, 2.75) is 77.4 Å². The summed E-state index contributed by atoms with van der Waals surface area (Å²) in [5, 5.41) is 20.2. The van der Waals surface area contributed by atoms with Gasteiger partial charge in [0.2, 0.25) is 0 Å². The molecule has 2 aliphatic rings. The molecule has 2 rings (SSSR count). The van der Waals surface area contributed by atoms with E-state index in [1.807, 2.05) is 0 Å². The van der Waals surface area contributed by atoms with Gasteiger partial charge in [-0.05, 0) is 62.2 Å². The van der Waals surface area contributed by atoms with Crippen LogP contribution in [-0.4, -0.2) is 22.4 Å². The van der Waals surface area contributed by atoms with Gasteiger partial charge in [-0.3, -0.25) is 0 Å². The Hall–Kier alpha value is -0.0800. The molecule has 2 nitrogen and oxygen atoms in total. The third kappa shape index (κ3) is 2.91. The highest BCUT2D eigenvalue weighted by atomic mass is 16.3. The molecule has 2 aliphatic carbocycles. The van der Waals surface area contributed by atoms with Crippen LogP contribution in [0.4, 0.5) is 0 Å². The van der Waals surface area contributed by atoms with Crippen LogP contribution in [0.3, 0.4) is 0 Å². The minimum Gasteiger partial charge on any atom is -0.393 e. The summed E-state index contributed by atoms with van der Waals surface area (Å²) in [5.41, 5.74) is 0. The maximum Gasteiger partial charge on any atom is 0.0571 e. The molecule has 0 aromatic rings. The summed E-state index contributed by atoms with van der Waals surface area (Å²) in [4.78, 5) is 0. The molecule has 0 radical (unpaired) electrons. The Bertz CT molecular complexity index is 227. The first kappa shape index (κ1) is 14.3. The highest BCUT2D eigenvalue weighted by Gasteiger charge is 2.37. The number of hydrogen-bond donors (Lipinski definition) is 2. The van der Waals surface area contributed by atoms with Gasteiger partial charge in [0.15, 0.2) is 0 Å². The van der Waals surface area contributed by atoms with Crippen LogP contribution in [0.2, 0.25) is 0 Å². The monoisotopic (exact) mass is 254 g/mol. The summed E-state index contributed by atoms with van der Waals surface area (Å²) in [7, 11) is 0. The van der Waals surface area contributed by atoms with E-state index >= 15 is 0 Å². The lowest BCUT2D eigenvalue weighted by atomic mass is 9.82. The van der Waals surface area contributed by atoms with Crippen molar-refractivity contribution in [3.8, 4) is 0 Å². The van der Waals surface area contributed by atoms with E-state index in [0.717, 1.165) is 37.5 Å². The predicted octanol–water partition coefficient (Wildman–Crippen LogP) is 3.36. The molecule has 0 spiro atoms. The summed E-state index contributed by atoms with van der Waals surface area (Å²) in [5.74, 6) is 2.44. The van der Waals surface area contributed by atoms with Crippen molar-refractivity contribution in [1.82, 2.24) is 0 Å². The molecule has 2 saturated carbocycles. The second-order valence-electron chi connectivity index (χ2n) is 6.53. The predicted molar refractivity (Wildman–Crippen MR) is 74.3 cm³/mol. The molecular weight excluding hydrogens is 224 g/mol. The van der Waals surface area contributed by atoms with Crippen LogP contribution in [0, 0.1) is 23.7 Å². The van der Waals surface area contributed by atoms with Crippen molar-refractivity contribution in [2.75, 3.05) is 0 Å². The van der Waals surface area contributed by atoms with E-state index in [0.29, 0.717) is 11.8 Å². The van der Waals surface area contributed by atoms with Crippen molar-refractivity contribution < 1.29 is 10.2 Å². The molecule has 0 amide bonds. The fraction of sp³-hybridized carbons (Fsp3) is 1.00. The lowest BCUT2D eigenvalue weighted by Crippen LogP contribution is -2.24. The molecule has 2 fully saturated rings. The van der Waals surface area contributed by atoms with Crippen LogP contribution in [0.25, 0.3) is 0 Å². The Balaban J connectivity index is 1.86. The summed E-state index contributed by atoms with van der Waals surface area (Å²) in [6.45, 7) is 4.49. The van der Waals surface area contributed by atoms with E-state index in [2.05, 4.69) is 13.8 Å². The van der Waals surface area contributed by atoms with Gasteiger partial charge in [-0.2, -0.15) is 0 Å². The third-order valence-corrected chi connectivity index (χ3v) is 5.75. The van der Waals surface area contributed by atoms with Gasteiger partial charge in [-0.1, -0.05) is 26.7 Å². The van der Waals surface area contributed by atoms with Gasteiger partial charge >= 0.3 is 0 Å². The minimum absolute atomic E-state index is 0.0754. The average molecular weight is 254 g/mol. The quantitative estimate of drug-likeness (QED) is 0.790. The van der Waals surface area contributed by atoms with Crippen molar-refractivity contribution in [3.05, 3.63) is 0 Å². The maximum absolute atomic E-state index is 10.1. The smallest absolute Gasteiger partial charge is 0.0571 e. The van der Waals surface area contributed by atoms with Gasteiger partial charge in [0.05, 0.1) is 12.2 Å². The van der Waals surface area contributed by atoms with Crippen molar-refractivity contribution >= 4 is 0 Å². The van der Waals surface area contributed by atoms with Crippen molar-refractivity contribution in [1.29, 1.82) is 0 Å². The maximum atomic E-state index is 10.1. The summed E-state index contributed by atoms with van der Waals surface area (Å²) in [6, 6.07) is 0. The van der Waals surface area contributed by atoms with Crippen LogP contribution < -0.4 is 0 Å². The van der Waals surface area contributed by atoms with Crippen LogP contribution in [0.5, 0.6) is 0 Å². The molecule has 2 heteroatoms. The van der Waals surface area contributed by atoms with E-state index in [-0.39, 0.29) is 12.2 Å². The zero-order valence-corrected chi connectivity index (χ0v) is 12.0. The first-order chi connectivity index (χ1) is 8.67. The molecule has 0 bridgehead atoms. The topological polar surface area (TPSA) is 40.5 Å². The summed E-state index contributed by atoms with van der Waals surface area (Å²) >= 11 is 0. The first-order valence-corrected chi connectivity index (χ1v) is 8.03. The molecule has 0 aliphatic heterocycles. The SMILES string of the molecule is CCC1CCC(O)C1CCC1C(O)CCC1CC. The largest absolute Gasteiger partial charge is 0.393 e. The third-order valence-electron chi connectivity index (χ3n) is 5.75. The molecule has 0 aromatic carbocycles. The second kappa shape index (κ2) is 6.38. The van der Waals surface area contributed by atoms with Crippen LogP contribution in [-0.2, 0) is 0 Å². The number of rotatable bonds is 5. The van der Waals surface area contributed by atoms with Gasteiger partial charge in [-0.25, -0.2) is 0 Å². The van der Waals surface area contributed by atoms with Gasteiger partial charge in [0, 0.05) is 0 Å². The van der Waals surface area contributed by atoms with Gasteiger partial charge < -0.3 is 10.2 Å². The molecule has 0 heterocycles. The standard InChI is InChI=1S/C16H30O2/c1-3-11-5-9-15(17)13(11)7-8-14-12(4-2)6-10-16(14)18/h11-18H,3-10H2,1-2H3. The average Bonchev–Trinajstić information content (AvgIpc) is 2.90. The van der Waals surface area contributed by atoms with E-state index in [4.69, 9.17) is 0 Å². The Kier molecular flexibility index (Phi) is 5.08. The lowest BCUT2D eigenvalue weighted by Gasteiger charge is -2.26. The molecule has 6 atom stereocenters. The van der Waals surface area contributed by atoms with E-state index < -0.39 is 0 Å². The van der Waals surface area contributed by atoms with Crippen LogP contribution in [0.1, 0.15) is 65.2 Å². The molecule has 18 heavy (non-hydrogen) atoms. The summed E-state index contributed by atoms with van der Waals surface area (Å²) < 4.78 is 0. The molecule has 6 unspecified atom stereocenters. The number of hydrogen-bond acceptors (Lipinski definition) is 2. The molecule has 0 saturated heterocycles. The fourth-order valence-corrected chi connectivity index (χ4v) is 4.51. The van der Waals surface area contributed by atoms with Gasteiger partial charge in [0.1, 0.15) is 0 Å². The van der Waals surface area contributed by atoms with E-state index in [1.165, 1.54) is 25.7 Å². The Morgan fingerprint density at radius 1 is 0.722 bits per heavy atom. The van der Waals surface area contributed by atoms with E-state index in [1.54, 1.807) is 0 Å². The second-order valence-corrected chi connectivity index (χ2v) is 6.53. The lowest BCUT2D eigenvalue weighted by molar-refractivity contribution is 0.0786. The van der Waals surface area contributed by atoms with Gasteiger partial charge in [-0.15, -0.1) is 0 Å². The van der Waals surface area contributed by atoms with Crippen molar-refractivity contribution in [2.24, 2.45) is 23.7 Å². The van der Waals surface area contributed by atoms with Crippen LogP contribution in [0.15, 0.2) is 0 Å². The zero-order valence-electron chi connectivity index (χ0n) is 12.0. The number of aliphatic hydroxyl groups is 2. The minimum atomic E-state index is -0.0754. The zero-order chi connectivity index (χ0) is 13.1. The molecule has 0 aromatic heterocycles. The number of aliphatic hydroxyl groups excluding tert-OH is 2. The van der Waals surface area contributed by atoms with Gasteiger partial charge in [0.25, 0.3) is 0 Å².